The van der Waals surface area contributed by atoms with Crippen LogP contribution in [0.4, 0.5) is 10.1 Å². The molecule has 0 spiro atoms. The number of nitrogens with two attached hydrogens (primary N) is 1. The highest BCUT2D eigenvalue weighted by Gasteiger charge is 2.16. The minimum absolute atomic E-state index is 0.134. The molecule has 2 aromatic rings. The van der Waals surface area contributed by atoms with Crippen molar-refractivity contribution in [2.24, 2.45) is 0 Å². The first-order valence-corrected chi connectivity index (χ1v) is 5.81. The fourth-order valence-electron chi connectivity index (χ4n) is 1.51. The molecule has 1 amide bonds. The number of anilines is 1. The minimum atomic E-state index is -0.385. The Morgan fingerprint density at radius 2 is 2.29 bits per heavy atom. The zero-order valence-corrected chi connectivity index (χ0v) is 9.68. The van der Waals surface area contributed by atoms with Gasteiger partial charge < -0.3 is 16.2 Å². The van der Waals surface area contributed by atoms with Crippen LogP contribution in [-0.4, -0.2) is 24.2 Å². The molecule has 6 heteroatoms. The molecule has 0 saturated carbocycles. The second-order valence-electron chi connectivity index (χ2n) is 3.46. The van der Waals surface area contributed by atoms with E-state index in [1.807, 2.05) is 0 Å². The lowest BCUT2D eigenvalue weighted by Gasteiger charge is -2.01. The summed E-state index contributed by atoms with van der Waals surface area (Å²) in [7, 11) is 0. The molecule has 1 heterocycles. The molecule has 90 valence electrons. The van der Waals surface area contributed by atoms with Gasteiger partial charge in [0.15, 0.2) is 0 Å². The summed E-state index contributed by atoms with van der Waals surface area (Å²) in [5, 5.41) is 11.7. The van der Waals surface area contributed by atoms with Gasteiger partial charge in [-0.25, -0.2) is 4.39 Å². The number of nitrogen functional groups attached to an aromatic ring is 1. The standard InChI is InChI=1S/C11H11FN2O2S/c12-6-1-2-8-7(5-6)9(13)10(17-8)11(16)14-3-4-15/h1-2,5,15H,3-4,13H2,(H,14,16). The molecular weight excluding hydrogens is 243 g/mol. The lowest BCUT2D eigenvalue weighted by atomic mass is 10.2. The number of hydrogen-bond donors (Lipinski definition) is 3. The average molecular weight is 254 g/mol. The maximum Gasteiger partial charge on any atom is 0.263 e. The Bertz CT molecular complexity index is 568. The van der Waals surface area contributed by atoms with Crippen LogP contribution in [0.1, 0.15) is 9.67 Å². The highest BCUT2D eigenvalue weighted by molar-refractivity contribution is 7.21. The number of nitrogens with one attached hydrogen (secondary N) is 1. The maximum atomic E-state index is 13.0. The Hall–Kier alpha value is -1.66. The molecule has 1 aromatic carbocycles. The zero-order valence-electron chi connectivity index (χ0n) is 8.87. The molecule has 4 nitrogen and oxygen atoms in total. The number of benzene rings is 1. The fraction of sp³-hybridized carbons (Fsp3) is 0.182. The van der Waals surface area contributed by atoms with Crippen LogP contribution in [0.2, 0.25) is 0 Å². The van der Waals surface area contributed by atoms with E-state index in [1.54, 1.807) is 6.07 Å². The summed E-state index contributed by atoms with van der Waals surface area (Å²) in [4.78, 5) is 12.0. The summed E-state index contributed by atoms with van der Waals surface area (Å²) in [5.74, 6) is -0.734. The average Bonchev–Trinajstić information content (AvgIpc) is 2.64. The smallest absolute Gasteiger partial charge is 0.263 e. The van der Waals surface area contributed by atoms with Crippen LogP contribution >= 0.6 is 11.3 Å². The van der Waals surface area contributed by atoms with Crippen molar-refractivity contribution in [1.82, 2.24) is 5.32 Å². The third-order valence-corrected chi connectivity index (χ3v) is 3.48. The van der Waals surface area contributed by atoms with Crippen molar-refractivity contribution in [2.45, 2.75) is 0 Å². The molecule has 4 N–H and O–H groups in total. The lowest BCUT2D eigenvalue weighted by molar-refractivity contribution is 0.0949. The lowest BCUT2D eigenvalue weighted by Crippen LogP contribution is -2.26. The molecule has 1 aromatic heterocycles. The van der Waals surface area contributed by atoms with Gasteiger partial charge in [0, 0.05) is 16.6 Å². The van der Waals surface area contributed by atoms with Crippen molar-refractivity contribution in [2.75, 3.05) is 18.9 Å². The summed E-state index contributed by atoms with van der Waals surface area (Å²) >= 11 is 1.21. The molecule has 0 aliphatic rings. The van der Waals surface area contributed by atoms with Gasteiger partial charge in [-0.05, 0) is 18.2 Å². The number of fused-ring (bicyclic) bond motifs is 1. The summed E-state index contributed by atoms with van der Waals surface area (Å²) < 4.78 is 13.8. The van der Waals surface area contributed by atoms with Crippen LogP contribution in [0, 0.1) is 5.82 Å². The van der Waals surface area contributed by atoms with Gasteiger partial charge in [0.05, 0.1) is 12.3 Å². The topological polar surface area (TPSA) is 75.4 Å². The van der Waals surface area contributed by atoms with Crippen LogP contribution in [0.15, 0.2) is 18.2 Å². The van der Waals surface area contributed by atoms with Gasteiger partial charge in [0.25, 0.3) is 5.91 Å². The number of thiophene rings is 1. The van der Waals surface area contributed by atoms with Crippen molar-refractivity contribution < 1.29 is 14.3 Å². The first kappa shape index (κ1) is 11.8. The van der Waals surface area contributed by atoms with E-state index < -0.39 is 0 Å². The van der Waals surface area contributed by atoms with Crippen molar-refractivity contribution >= 4 is 33.0 Å². The molecule has 0 unspecified atom stereocenters. The monoisotopic (exact) mass is 254 g/mol. The Morgan fingerprint density at radius 1 is 1.53 bits per heavy atom. The van der Waals surface area contributed by atoms with E-state index in [-0.39, 0.29) is 30.6 Å². The quantitative estimate of drug-likeness (QED) is 0.773. The first-order chi connectivity index (χ1) is 8.13. The first-order valence-electron chi connectivity index (χ1n) is 5.00. The maximum absolute atomic E-state index is 13.0. The molecule has 0 atom stereocenters. The Balaban J connectivity index is 2.42. The minimum Gasteiger partial charge on any atom is -0.397 e. The normalized spacial score (nSPS) is 10.7. The molecule has 17 heavy (non-hydrogen) atoms. The molecule has 0 saturated heterocycles. The van der Waals surface area contributed by atoms with Crippen molar-refractivity contribution in [3.05, 3.63) is 28.9 Å². The number of carbonyl (C=O) groups is 1. The predicted molar refractivity (Wildman–Crippen MR) is 65.6 cm³/mol. The third-order valence-electron chi connectivity index (χ3n) is 2.29. The summed E-state index contributed by atoms with van der Waals surface area (Å²) in [6.45, 7) is 0.0338. The van der Waals surface area contributed by atoms with Crippen molar-refractivity contribution in [3.63, 3.8) is 0 Å². The van der Waals surface area contributed by atoms with Gasteiger partial charge in [-0.3, -0.25) is 4.79 Å². The zero-order chi connectivity index (χ0) is 12.4. The molecule has 0 bridgehead atoms. The van der Waals surface area contributed by atoms with E-state index in [4.69, 9.17) is 10.8 Å². The number of amides is 1. The van der Waals surface area contributed by atoms with E-state index in [0.717, 1.165) is 4.70 Å². The third kappa shape index (κ3) is 2.22. The Kier molecular flexibility index (Phi) is 3.26. The number of halogens is 1. The highest BCUT2D eigenvalue weighted by Crippen LogP contribution is 2.33. The summed E-state index contributed by atoms with van der Waals surface area (Å²) in [5.41, 5.74) is 6.08. The number of rotatable bonds is 3. The van der Waals surface area contributed by atoms with Crippen LogP contribution < -0.4 is 11.1 Å². The number of aliphatic hydroxyl groups is 1. The largest absolute Gasteiger partial charge is 0.397 e. The number of hydrogen-bond acceptors (Lipinski definition) is 4. The van der Waals surface area contributed by atoms with Gasteiger partial charge >= 0.3 is 0 Å². The second kappa shape index (κ2) is 4.68. The molecule has 0 aliphatic carbocycles. The van der Waals surface area contributed by atoms with Crippen LogP contribution in [0.3, 0.4) is 0 Å². The van der Waals surface area contributed by atoms with E-state index in [9.17, 15) is 9.18 Å². The van der Waals surface area contributed by atoms with E-state index in [0.29, 0.717) is 10.3 Å². The molecular formula is C11H11FN2O2S. The summed E-state index contributed by atoms with van der Waals surface area (Å²) in [6, 6.07) is 4.23. The SMILES string of the molecule is Nc1c(C(=O)NCCO)sc2ccc(F)cc12. The fourth-order valence-corrected chi connectivity index (χ4v) is 2.53. The van der Waals surface area contributed by atoms with Crippen molar-refractivity contribution in [1.29, 1.82) is 0 Å². The van der Waals surface area contributed by atoms with Gasteiger partial charge in [0.2, 0.25) is 0 Å². The van der Waals surface area contributed by atoms with Crippen LogP contribution in [-0.2, 0) is 0 Å². The van der Waals surface area contributed by atoms with Gasteiger partial charge in [0.1, 0.15) is 10.7 Å². The Labute approximate surface area is 101 Å². The Morgan fingerprint density at radius 3 is 3.00 bits per heavy atom. The van der Waals surface area contributed by atoms with Gasteiger partial charge in [-0.1, -0.05) is 0 Å². The molecule has 2 rings (SSSR count). The second-order valence-corrected chi connectivity index (χ2v) is 4.52. The van der Waals surface area contributed by atoms with Gasteiger partial charge in [-0.2, -0.15) is 0 Å². The predicted octanol–water partition coefficient (Wildman–Crippen LogP) is 1.34. The van der Waals surface area contributed by atoms with Crippen LogP contribution in [0.5, 0.6) is 0 Å². The summed E-state index contributed by atoms with van der Waals surface area (Å²) in [6.07, 6.45) is 0. The molecule has 0 aliphatic heterocycles. The number of carbonyl (C=O) groups excluding carboxylic acids is 1. The van der Waals surface area contributed by atoms with Gasteiger partial charge in [-0.15, -0.1) is 11.3 Å². The van der Waals surface area contributed by atoms with E-state index in [1.165, 1.54) is 23.5 Å². The van der Waals surface area contributed by atoms with E-state index in [2.05, 4.69) is 5.32 Å². The molecule has 0 fully saturated rings. The van der Waals surface area contributed by atoms with Crippen molar-refractivity contribution in [3.8, 4) is 0 Å². The number of aliphatic hydroxyl groups excluding tert-OH is 1. The van der Waals surface area contributed by atoms with Crippen LogP contribution in [0.25, 0.3) is 10.1 Å². The molecule has 0 radical (unpaired) electrons. The van der Waals surface area contributed by atoms with E-state index >= 15 is 0 Å². The highest BCUT2D eigenvalue weighted by atomic mass is 32.1.